The van der Waals surface area contributed by atoms with E-state index < -0.39 is 0 Å². The molecule has 5 rings (SSSR count). The van der Waals surface area contributed by atoms with Gasteiger partial charge in [-0.2, -0.15) is 5.10 Å². The highest BCUT2D eigenvalue weighted by atomic mass is 79.9. The van der Waals surface area contributed by atoms with E-state index in [1.54, 1.807) is 7.11 Å². The van der Waals surface area contributed by atoms with Gasteiger partial charge in [0.25, 0.3) is 0 Å². The van der Waals surface area contributed by atoms with E-state index in [2.05, 4.69) is 53.3 Å². The van der Waals surface area contributed by atoms with Crippen molar-refractivity contribution in [3.63, 3.8) is 0 Å². The number of anilines is 1. The molecule has 1 atom stereocenters. The minimum Gasteiger partial charge on any atom is -0.497 e. The lowest BCUT2D eigenvalue weighted by Crippen LogP contribution is -2.36. The number of carbonyl (C=O) groups excluding carboxylic acids is 1. The van der Waals surface area contributed by atoms with Crippen LogP contribution in [0.3, 0.4) is 0 Å². The number of fused-ring (bicyclic) bond motifs is 1. The zero-order valence-electron chi connectivity index (χ0n) is 17.8. The third kappa shape index (κ3) is 3.59. The maximum Gasteiger partial charge on any atom is 0.163 e. The number of allylic oxidation sites excluding steroid dienone is 2. The van der Waals surface area contributed by atoms with Crippen LogP contribution in [0, 0.1) is 5.41 Å². The predicted molar refractivity (Wildman–Crippen MR) is 125 cm³/mol. The molecule has 0 unspecified atom stereocenters. The van der Waals surface area contributed by atoms with Crippen LogP contribution in [-0.4, -0.2) is 22.7 Å². The number of nitrogens with one attached hydrogen (secondary N) is 1. The largest absolute Gasteiger partial charge is 0.497 e. The first-order valence-corrected chi connectivity index (χ1v) is 11.2. The van der Waals surface area contributed by atoms with Gasteiger partial charge in [0, 0.05) is 33.8 Å². The Hall–Kier alpha value is -2.86. The number of ketones is 1. The van der Waals surface area contributed by atoms with Crippen LogP contribution in [0.25, 0.3) is 11.3 Å². The first-order chi connectivity index (χ1) is 14.8. The van der Waals surface area contributed by atoms with E-state index in [4.69, 9.17) is 9.84 Å². The second-order valence-corrected chi connectivity index (χ2v) is 9.92. The quantitative estimate of drug-likeness (QED) is 0.503. The molecule has 6 heteroatoms. The molecular weight excluding hydrogens is 454 g/mol. The van der Waals surface area contributed by atoms with Gasteiger partial charge in [0.15, 0.2) is 5.78 Å². The number of aromatic nitrogens is 2. The van der Waals surface area contributed by atoms with Crippen LogP contribution in [0.5, 0.6) is 5.75 Å². The Balaban J connectivity index is 1.64. The van der Waals surface area contributed by atoms with Gasteiger partial charge in [-0.1, -0.05) is 41.9 Å². The number of halogens is 1. The van der Waals surface area contributed by atoms with Crippen molar-refractivity contribution in [3.05, 3.63) is 75.9 Å². The lowest BCUT2D eigenvalue weighted by atomic mass is 9.73. The van der Waals surface area contributed by atoms with Crippen LogP contribution < -0.4 is 10.1 Å². The summed E-state index contributed by atoms with van der Waals surface area (Å²) in [6.07, 6.45) is 1.38. The summed E-state index contributed by atoms with van der Waals surface area (Å²) in [4.78, 5) is 13.3. The Labute approximate surface area is 190 Å². The van der Waals surface area contributed by atoms with E-state index in [0.29, 0.717) is 6.42 Å². The van der Waals surface area contributed by atoms with E-state index in [-0.39, 0.29) is 17.2 Å². The Morgan fingerprint density at radius 3 is 2.48 bits per heavy atom. The minimum absolute atomic E-state index is 0.0613. The zero-order chi connectivity index (χ0) is 21.8. The maximum absolute atomic E-state index is 13.3. The smallest absolute Gasteiger partial charge is 0.163 e. The lowest BCUT2D eigenvalue weighted by Gasteiger charge is -2.38. The molecule has 1 N–H and O–H groups in total. The van der Waals surface area contributed by atoms with Gasteiger partial charge >= 0.3 is 0 Å². The van der Waals surface area contributed by atoms with Crippen LogP contribution in [0.2, 0.25) is 0 Å². The standard InChI is InChI=1S/C25H24BrN3O2/c1-25(2)13-20-23(21(30)14-25)24(16-4-8-17(26)9-5-16)29-22(27-20)12-19(28-29)15-6-10-18(31-3)11-7-15/h4-12,24,27H,13-14H2,1-3H3/t24-/m1/s1. The van der Waals surface area contributed by atoms with Crippen molar-refractivity contribution in [1.82, 2.24) is 9.78 Å². The van der Waals surface area contributed by atoms with Crippen LogP contribution >= 0.6 is 15.9 Å². The van der Waals surface area contributed by atoms with E-state index in [1.807, 2.05) is 41.1 Å². The highest BCUT2D eigenvalue weighted by Crippen LogP contribution is 2.46. The van der Waals surface area contributed by atoms with Gasteiger partial charge < -0.3 is 10.1 Å². The third-order valence-corrected chi connectivity index (χ3v) is 6.55. The molecule has 158 valence electrons. The Bertz CT molecular complexity index is 1190. The molecule has 0 saturated heterocycles. The summed E-state index contributed by atoms with van der Waals surface area (Å²) >= 11 is 3.52. The fraction of sp³-hybridized carbons (Fsp3) is 0.280. The van der Waals surface area contributed by atoms with Gasteiger partial charge in [0.1, 0.15) is 17.6 Å². The Morgan fingerprint density at radius 1 is 1.10 bits per heavy atom. The number of carbonyl (C=O) groups is 1. The third-order valence-electron chi connectivity index (χ3n) is 6.02. The summed E-state index contributed by atoms with van der Waals surface area (Å²) in [6.45, 7) is 4.30. The van der Waals surface area contributed by atoms with Crippen molar-refractivity contribution in [2.75, 3.05) is 12.4 Å². The number of hydrogen-bond donors (Lipinski definition) is 1. The van der Waals surface area contributed by atoms with Crippen molar-refractivity contribution < 1.29 is 9.53 Å². The number of rotatable bonds is 3. The topological polar surface area (TPSA) is 56.2 Å². The lowest BCUT2D eigenvalue weighted by molar-refractivity contribution is -0.118. The number of ether oxygens (including phenoxy) is 1. The highest BCUT2D eigenvalue weighted by molar-refractivity contribution is 9.10. The Kier molecular flexibility index (Phi) is 4.77. The molecule has 0 bridgehead atoms. The van der Waals surface area contributed by atoms with Crippen molar-refractivity contribution in [2.45, 2.75) is 32.7 Å². The summed E-state index contributed by atoms with van der Waals surface area (Å²) in [5.41, 5.74) is 4.70. The SMILES string of the molecule is COc1ccc(-c2cc3n(n2)[C@H](c2ccc(Br)cc2)C2=C(CC(C)(C)CC2=O)N3)cc1. The normalized spacial score (nSPS) is 19.5. The molecule has 2 heterocycles. The molecule has 31 heavy (non-hydrogen) atoms. The molecule has 0 fully saturated rings. The summed E-state index contributed by atoms with van der Waals surface area (Å²) in [7, 11) is 1.66. The van der Waals surface area contributed by atoms with Crippen LogP contribution in [0.4, 0.5) is 5.82 Å². The molecule has 0 amide bonds. The Morgan fingerprint density at radius 2 is 1.81 bits per heavy atom. The second-order valence-electron chi connectivity index (χ2n) is 9.00. The summed E-state index contributed by atoms with van der Waals surface area (Å²) in [5.74, 6) is 1.91. The first-order valence-electron chi connectivity index (χ1n) is 10.4. The van der Waals surface area contributed by atoms with E-state index >= 15 is 0 Å². The molecule has 2 aliphatic rings. The average Bonchev–Trinajstić information content (AvgIpc) is 3.16. The molecule has 5 nitrogen and oxygen atoms in total. The highest BCUT2D eigenvalue weighted by Gasteiger charge is 2.41. The van der Waals surface area contributed by atoms with E-state index in [9.17, 15) is 4.79 Å². The van der Waals surface area contributed by atoms with Crippen molar-refractivity contribution in [1.29, 1.82) is 0 Å². The molecule has 2 aromatic carbocycles. The average molecular weight is 478 g/mol. The van der Waals surface area contributed by atoms with Crippen molar-refractivity contribution >= 4 is 27.5 Å². The fourth-order valence-corrected chi connectivity index (χ4v) is 4.85. The van der Waals surface area contributed by atoms with Gasteiger partial charge in [-0.25, -0.2) is 4.68 Å². The minimum atomic E-state index is -0.241. The van der Waals surface area contributed by atoms with Gasteiger partial charge in [0.05, 0.1) is 12.8 Å². The monoisotopic (exact) mass is 477 g/mol. The molecule has 1 aromatic heterocycles. The van der Waals surface area contributed by atoms with Crippen LogP contribution in [-0.2, 0) is 4.79 Å². The van der Waals surface area contributed by atoms with Crippen molar-refractivity contribution in [3.8, 4) is 17.0 Å². The van der Waals surface area contributed by atoms with Crippen molar-refractivity contribution in [2.24, 2.45) is 5.41 Å². The molecule has 3 aromatic rings. The summed E-state index contributed by atoms with van der Waals surface area (Å²) in [5, 5.41) is 8.47. The van der Waals surface area contributed by atoms with E-state index in [1.165, 1.54) is 0 Å². The van der Waals surface area contributed by atoms with Gasteiger partial charge in [0.2, 0.25) is 0 Å². The fourth-order valence-electron chi connectivity index (χ4n) is 4.58. The number of nitrogens with zero attached hydrogens (tertiary/aromatic N) is 2. The summed E-state index contributed by atoms with van der Waals surface area (Å²) in [6, 6.07) is 17.9. The van der Waals surface area contributed by atoms with Crippen LogP contribution in [0.1, 0.15) is 38.3 Å². The van der Waals surface area contributed by atoms with Gasteiger partial charge in [-0.05, 0) is 53.8 Å². The number of hydrogen-bond acceptors (Lipinski definition) is 4. The number of Topliss-reactive ketones (excluding diaryl/α,β-unsaturated/α-hetero) is 1. The molecular formula is C25H24BrN3O2. The maximum atomic E-state index is 13.3. The second kappa shape index (κ2) is 7.38. The molecule has 0 spiro atoms. The summed E-state index contributed by atoms with van der Waals surface area (Å²) < 4.78 is 8.25. The molecule has 1 aliphatic carbocycles. The van der Waals surface area contributed by atoms with E-state index in [0.717, 1.165) is 50.6 Å². The zero-order valence-corrected chi connectivity index (χ0v) is 19.4. The molecule has 1 aliphatic heterocycles. The first kappa shape index (κ1) is 20.1. The number of methoxy groups -OCH3 is 1. The predicted octanol–water partition coefficient (Wildman–Crippen LogP) is 5.98. The molecule has 0 radical (unpaired) electrons. The molecule has 0 saturated carbocycles. The van der Waals surface area contributed by atoms with Gasteiger partial charge in [-0.3, -0.25) is 4.79 Å². The number of benzene rings is 2. The van der Waals surface area contributed by atoms with Crippen LogP contribution in [0.15, 0.2) is 70.3 Å². The van der Waals surface area contributed by atoms with Gasteiger partial charge in [-0.15, -0.1) is 0 Å².